The number of thioether (sulfide) groups is 1. The summed E-state index contributed by atoms with van der Waals surface area (Å²) in [5.74, 6) is -2.20. The first-order chi connectivity index (χ1) is 10.1. The van der Waals surface area contributed by atoms with Gasteiger partial charge in [-0.25, -0.2) is 13.6 Å². The van der Waals surface area contributed by atoms with Gasteiger partial charge in [0.1, 0.15) is 18.2 Å². The molecule has 0 unspecified atom stereocenters. The first-order valence-electron chi connectivity index (χ1n) is 6.17. The van der Waals surface area contributed by atoms with Gasteiger partial charge in [-0.15, -0.1) is 11.8 Å². The third-order valence-corrected chi connectivity index (χ3v) is 3.61. The number of carbonyl (C=O) groups is 1. The molecule has 0 amide bonds. The minimum atomic E-state index is -0.984. The molecular weight excluding hydrogens is 296 g/mol. The van der Waals surface area contributed by atoms with Gasteiger partial charge in [0.05, 0.1) is 11.3 Å². The number of ether oxygens (including phenoxy) is 1. The Morgan fingerprint density at radius 2 is 1.86 bits per heavy atom. The smallest absolute Gasteiger partial charge is 0.341 e. The fourth-order valence-corrected chi connectivity index (χ4v) is 2.36. The van der Waals surface area contributed by atoms with Crippen molar-refractivity contribution in [2.45, 2.75) is 4.90 Å². The molecule has 0 saturated carbocycles. The van der Waals surface area contributed by atoms with Gasteiger partial charge in [0.2, 0.25) is 0 Å². The van der Waals surface area contributed by atoms with Gasteiger partial charge in [0, 0.05) is 16.7 Å². The maximum atomic E-state index is 13.5. The number of nitrogens with two attached hydrogens (primary N) is 1. The van der Waals surface area contributed by atoms with Crippen molar-refractivity contribution in [3.8, 4) is 0 Å². The lowest BCUT2D eigenvalue weighted by molar-refractivity contribution is 0.0525. The average Bonchev–Trinajstić information content (AvgIpc) is 2.48. The summed E-state index contributed by atoms with van der Waals surface area (Å²) in [6.45, 7) is 0.120. The van der Waals surface area contributed by atoms with Crippen molar-refractivity contribution < 1.29 is 18.3 Å². The van der Waals surface area contributed by atoms with Crippen molar-refractivity contribution in [2.75, 3.05) is 18.1 Å². The van der Waals surface area contributed by atoms with E-state index in [2.05, 4.69) is 0 Å². The van der Waals surface area contributed by atoms with Crippen molar-refractivity contribution in [3.63, 3.8) is 0 Å². The van der Waals surface area contributed by atoms with Crippen molar-refractivity contribution >= 4 is 23.4 Å². The van der Waals surface area contributed by atoms with Crippen LogP contribution in [0.5, 0.6) is 0 Å². The average molecular weight is 309 g/mol. The second kappa shape index (κ2) is 7.08. The molecule has 0 aromatic heterocycles. The van der Waals surface area contributed by atoms with E-state index in [0.29, 0.717) is 11.8 Å². The predicted molar refractivity (Wildman–Crippen MR) is 78.2 cm³/mol. The van der Waals surface area contributed by atoms with E-state index in [1.807, 2.05) is 30.3 Å². The van der Waals surface area contributed by atoms with E-state index in [0.717, 1.165) is 11.0 Å². The number of halogens is 2. The first-order valence-corrected chi connectivity index (χ1v) is 7.16. The van der Waals surface area contributed by atoms with Gasteiger partial charge in [-0.05, 0) is 18.2 Å². The zero-order valence-corrected chi connectivity index (χ0v) is 11.8. The molecule has 0 heterocycles. The van der Waals surface area contributed by atoms with Crippen molar-refractivity contribution in [1.29, 1.82) is 0 Å². The Morgan fingerprint density at radius 1 is 1.14 bits per heavy atom. The van der Waals surface area contributed by atoms with E-state index in [-0.39, 0.29) is 17.9 Å². The van der Waals surface area contributed by atoms with E-state index in [4.69, 9.17) is 10.5 Å². The van der Waals surface area contributed by atoms with Gasteiger partial charge in [0.25, 0.3) is 0 Å². The summed E-state index contributed by atoms with van der Waals surface area (Å²) >= 11 is 1.51. The predicted octanol–water partition coefficient (Wildman–Crippen LogP) is 3.50. The number of carbonyl (C=O) groups excluding carboxylic acids is 1. The minimum absolute atomic E-state index is 0.120. The molecule has 2 N–H and O–H groups in total. The third kappa shape index (κ3) is 4.19. The van der Waals surface area contributed by atoms with E-state index in [1.54, 1.807) is 0 Å². The lowest BCUT2D eigenvalue weighted by Crippen LogP contribution is -2.11. The van der Waals surface area contributed by atoms with Crippen LogP contribution in [0.25, 0.3) is 0 Å². The van der Waals surface area contributed by atoms with Crippen LogP contribution in [-0.2, 0) is 4.74 Å². The normalized spacial score (nSPS) is 10.4. The molecule has 2 aromatic carbocycles. The summed E-state index contributed by atoms with van der Waals surface area (Å²) in [5, 5.41) is 0. The molecule has 6 heteroatoms. The van der Waals surface area contributed by atoms with Crippen molar-refractivity contribution in [2.24, 2.45) is 0 Å². The zero-order valence-electron chi connectivity index (χ0n) is 11.0. The number of benzene rings is 2. The monoisotopic (exact) mass is 309 g/mol. The number of anilines is 1. The standard InChI is InChI=1S/C15H13F2NO2S/c16-12-9-13(17)14(18)8-11(12)15(19)20-6-7-21-10-4-2-1-3-5-10/h1-5,8-9H,6-7,18H2. The number of hydrogen-bond donors (Lipinski definition) is 1. The molecule has 3 nitrogen and oxygen atoms in total. The minimum Gasteiger partial charge on any atom is -0.461 e. The van der Waals surface area contributed by atoms with Crippen LogP contribution < -0.4 is 5.73 Å². The van der Waals surface area contributed by atoms with Gasteiger partial charge in [-0.2, -0.15) is 0 Å². The maximum absolute atomic E-state index is 13.5. The van der Waals surface area contributed by atoms with E-state index in [1.165, 1.54) is 11.8 Å². The summed E-state index contributed by atoms with van der Waals surface area (Å²) in [5.41, 5.74) is 4.65. The third-order valence-electron chi connectivity index (χ3n) is 2.63. The molecule has 0 spiro atoms. The van der Waals surface area contributed by atoms with Crippen LogP contribution in [0.15, 0.2) is 47.4 Å². The second-order valence-corrected chi connectivity index (χ2v) is 5.32. The quantitative estimate of drug-likeness (QED) is 0.397. The molecule has 21 heavy (non-hydrogen) atoms. The summed E-state index contributed by atoms with van der Waals surface area (Å²) in [7, 11) is 0. The molecular formula is C15H13F2NO2S. The highest BCUT2D eigenvalue weighted by atomic mass is 32.2. The highest BCUT2D eigenvalue weighted by Crippen LogP contribution is 2.19. The second-order valence-electron chi connectivity index (χ2n) is 4.15. The number of esters is 1. The molecule has 0 aliphatic heterocycles. The zero-order chi connectivity index (χ0) is 15.2. The van der Waals surface area contributed by atoms with Crippen LogP contribution in [0.3, 0.4) is 0 Å². The molecule has 0 radical (unpaired) electrons. The van der Waals surface area contributed by atoms with Gasteiger partial charge in [-0.1, -0.05) is 18.2 Å². The molecule has 2 aromatic rings. The van der Waals surface area contributed by atoms with E-state index in [9.17, 15) is 13.6 Å². The summed E-state index contributed by atoms with van der Waals surface area (Å²) in [6, 6.07) is 11.1. The largest absolute Gasteiger partial charge is 0.461 e. The van der Waals surface area contributed by atoms with Crippen molar-refractivity contribution in [1.82, 2.24) is 0 Å². The maximum Gasteiger partial charge on any atom is 0.341 e. The van der Waals surface area contributed by atoms with Gasteiger partial charge < -0.3 is 10.5 Å². The SMILES string of the molecule is Nc1cc(C(=O)OCCSc2ccccc2)c(F)cc1F. The van der Waals surface area contributed by atoms with Crippen LogP contribution in [0, 0.1) is 11.6 Å². The highest BCUT2D eigenvalue weighted by Gasteiger charge is 2.16. The Balaban J connectivity index is 1.86. The lowest BCUT2D eigenvalue weighted by atomic mass is 10.2. The Bertz CT molecular complexity index is 635. The number of hydrogen-bond acceptors (Lipinski definition) is 4. The fraction of sp³-hybridized carbons (Fsp3) is 0.133. The summed E-state index contributed by atoms with van der Waals surface area (Å²) in [6.07, 6.45) is 0. The molecule has 0 aliphatic rings. The van der Waals surface area contributed by atoms with Gasteiger partial charge in [0.15, 0.2) is 0 Å². The Labute approximate surface area is 125 Å². The molecule has 0 fully saturated rings. The molecule has 110 valence electrons. The van der Waals surface area contributed by atoms with E-state index < -0.39 is 17.6 Å². The molecule has 0 saturated heterocycles. The van der Waals surface area contributed by atoms with E-state index >= 15 is 0 Å². The van der Waals surface area contributed by atoms with Gasteiger partial charge >= 0.3 is 5.97 Å². The topological polar surface area (TPSA) is 52.3 Å². The number of rotatable bonds is 5. The lowest BCUT2D eigenvalue weighted by Gasteiger charge is -2.07. The fourth-order valence-electron chi connectivity index (χ4n) is 1.61. The van der Waals surface area contributed by atoms with Crippen molar-refractivity contribution in [3.05, 3.63) is 59.7 Å². The van der Waals surface area contributed by atoms with Gasteiger partial charge in [-0.3, -0.25) is 0 Å². The Kier molecular flexibility index (Phi) is 5.16. The molecule has 0 aliphatic carbocycles. The number of nitrogen functional groups attached to an aromatic ring is 1. The van der Waals surface area contributed by atoms with Crippen LogP contribution in [0.1, 0.15) is 10.4 Å². The molecule has 0 bridgehead atoms. The first kappa shape index (κ1) is 15.3. The van der Waals surface area contributed by atoms with Crippen LogP contribution >= 0.6 is 11.8 Å². The summed E-state index contributed by atoms with van der Waals surface area (Å²) in [4.78, 5) is 12.7. The highest BCUT2D eigenvalue weighted by molar-refractivity contribution is 7.99. The Morgan fingerprint density at radius 3 is 2.57 bits per heavy atom. The van der Waals surface area contributed by atoms with Crippen LogP contribution in [0.4, 0.5) is 14.5 Å². The molecule has 2 rings (SSSR count). The Hall–Kier alpha value is -2.08. The van der Waals surface area contributed by atoms with Crippen LogP contribution in [-0.4, -0.2) is 18.3 Å². The van der Waals surface area contributed by atoms with Crippen LogP contribution in [0.2, 0.25) is 0 Å². The molecule has 0 atom stereocenters. The summed E-state index contributed by atoms with van der Waals surface area (Å²) < 4.78 is 31.4.